The Morgan fingerprint density at radius 1 is 0.556 bits per heavy atom. The number of cyclic esters (lactones) is 1. The third-order valence-corrected chi connectivity index (χ3v) is 19.6. The number of carboxylic acids is 3. The van der Waals surface area contributed by atoms with Crippen molar-refractivity contribution in [2.75, 3.05) is 50.9 Å². The van der Waals surface area contributed by atoms with Gasteiger partial charge in [0.05, 0.1) is 50.9 Å². The predicted molar refractivity (Wildman–Crippen MR) is 439 cm³/mol. The maximum Gasteiger partial charge on any atom is 0.329 e. The van der Waals surface area contributed by atoms with Gasteiger partial charge in [-0.1, -0.05) is 94.8 Å². The molecule has 25 N–H and O–H groups in total. The molecule has 1 saturated heterocycles. The van der Waals surface area contributed by atoms with Crippen LogP contribution in [0.2, 0.25) is 0 Å². The lowest BCUT2D eigenvalue weighted by Gasteiger charge is -2.30. The number of carbonyl (C=O) groups is 20. The second kappa shape index (κ2) is 51.2. The molecular formula is C80H110N18O26. The lowest BCUT2D eigenvalue weighted by atomic mass is 9.96. The molecule has 0 bridgehead atoms. The number of Topliss-reactive ketones (excluding diaryl/α,β-unsaturated/α-hetero) is 1. The minimum Gasteiger partial charge on any atom is -0.481 e. The van der Waals surface area contributed by atoms with E-state index >= 15 is 0 Å². The molecule has 44 nitrogen and oxygen atoms in total. The highest BCUT2D eigenvalue weighted by atomic mass is 16.5. The van der Waals surface area contributed by atoms with Crippen molar-refractivity contribution in [1.29, 1.82) is 0 Å². The van der Waals surface area contributed by atoms with Gasteiger partial charge in [-0.3, -0.25) is 91.1 Å². The number of fused-ring (bicyclic) bond motifs is 1. The first-order chi connectivity index (χ1) is 58.9. The Morgan fingerprint density at radius 3 is 1.75 bits per heavy atom. The highest BCUT2D eigenvalue weighted by molar-refractivity contribution is 6.05. The fourth-order valence-electron chi connectivity index (χ4n) is 12.9. The van der Waals surface area contributed by atoms with Crippen LogP contribution in [0.15, 0.2) is 79.0 Å². The summed E-state index contributed by atoms with van der Waals surface area (Å²) in [6.45, 7) is 0.145. The number of unbranched alkanes of at least 4 members (excludes halogenated alkanes) is 6. The number of nitrogens with two attached hydrogens (primary N) is 2. The van der Waals surface area contributed by atoms with Crippen molar-refractivity contribution in [3.63, 3.8) is 0 Å². The van der Waals surface area contributed by atoms with Crippen LogP contribution in [-0.2, 0) is 97.5 Å². The van der Waals surface area contributed by atoms with Crippen molar-refractivity contribution in [2.24, 2.45) is 11.7 Å². The molecule has 44 heteroatoms. The monoisotopic (exact) mass is 1740 g/mol. The van der Waals surface area contributed by atoms with Crippen LogP contribution < -0.4 is 91.2 Å². The van der Waals surface area contributed by atoms with Crippen molar-refractivity contribution in [2.45, 2.75) is 209 Å². The predicted octanol–water partition coefficient (Wildman–Crippen LogP) is -4.20. The third-order valence-electron chi connectivity index (χ3n) is 19.6. The summed E-state index contributed by atoms with van der Waals surface area (Å²) in [6, 6.07) is -3.74. The van der Waals surface area contributed by atoms with E-state index in [0.717, 1.165) is 52.9 Å². The number of ketones is 1. The highest BCUT2D eigenvalue weighted by Crippen LogP contribution is 2.22. The van der Waals surface area contributed by atoms with Crippen molar-refractivity contribution < 1.29 is 126 Å². The molecule has 0 unspecified atom stereocenters. The summed E-state index contributed by atoms with van der Waals surface area (Å²) in [7, 11) is 1.55. The third kappa shape index (κ3) is 33.4. The van der Waals surface area contributed by atoms with E-state index in [1.807, 2.05) is 16.0 Å². The van der Waals surface area contributed by atoms with Gasteiger partial charge in [0.2, 0.25) is 82.7 Å². The molecular weight excluding hydrogens is 1630 g/mol. The molecule has 13 atom stereocenters. The number of carboxylic acid groups (broad SMARTS) is 3. The molecule has 4 aromatic rings. The number of primary amides is 1. The Hall–Kier alpha value is -13.7. The molecule has 2 heterocycles. The molecule has 0 radical (unpaired) electrons. The van der Waals surface area contributed by atoms with E-state index < -0.39 is 268 Å². The molecule has 1 aromatic heterocycles. The van der Waals surface area contributed by atoms with Crippen molar-refractivity contribution in [3.8, 4) is 0 Å². The van der Waals surface area contributed by atoms with E-state index in [2.05, 4.69) is 75.7 Å². The Labute approximate surface area is 711 Å². The number of hydrogen-bond donors (Lipinski definition) is 23. The van der Waals surface area contributed by atoms with Gasteiger partial charge < -0.3 is 126 Å². The van der Waals surface area contributed by atoms with Crippen LogP contribution in [0.25, 0.3) is 10.9 Å². The van der Waals surface area contributed by atoms with Gasteiger partial charge in [0.25, 0.3) is 5.91 Å². The van der Waals surface area contributed by atoms with E-state index in [4.69, 9.17) is 16.2 Å². The zero-order valence-electron chi connectivity index (χ0n) is 69.0. The van der Waals surface area contributed by atoms with Crippen LogP contribution >= 0.6 is 0 Å². The Bertz CT molecular complexity index is 4500. The van der Waals surface area contributed by atoms with Crippen LogP contribution in [-0.4, -0.2) is 261 Å². The zero-order chi connectivity index (χ0) is 91.9. The standard InChI is InChI=1S/C80H110N18O26/c1-6-7-8-9-10-11-12-27-61(103)90-53(32-44-37-85-50-25-18-14-20-45(44)50)75(118)94-54(34-60(82)102)76(119)92-52(28-30-99)73(116)98-68-43(4)124-80(123)57(33-59(101)46-21-13-16-23-48(46)81)96-79(122)67(41(2)31-64(106)107)97-77(120)58(40-100)91-63(105)38-86-71(114)55(35-65(108)109)93-69(112)42(3)88-74(117)56(36-66(110)111)95-72(115)51(89-62(104)39-87-78(68)121)26-19-29-84-70(113)47-22-15-17-24-49(47)83-5/h13-18,20-25,37,41-43,51-58,67-68,83,85,99-100H,6-12,19,26-36,38-40,81H2,1-5H3,(H2,82,102)(H,84,113)(H,86,114)(H,87,121)(H,88,117)(H,89,104)(H,90,103)(H,91,105)(H,92,119)(H,93,112)(H,94,118)(H,95,115)(H,96,122)(H,97,120)(H,98,116)(H,106,107)(H,108,109)(H,110,111)/t41-,42-,43-,51+,52+,53+,54+,55+,56+,57+,58-,67+,68+/m1/s1. The zero-order valence-corrected chi connectivity index (χ0v) is 69.0. The second-order valence-electron chi connectivity index (χ2n) is 29.4. The van der Waals surface area contributed by atoms with E-state index in [1.54, 1.807) is 55.7 Å². The minimum absolute atomic E-state index is 0.00358. The first kappa shape index (κ1) is 101. The number of nitrogen functional groups attached to an aromatic ring is 1. The number of carbonyl (C=O) groups excluding carboxylic acids is 17. The lowest BCUT2D eigenvalue weighted by molar-refractivity contribution is -0.156. The quantitative estimate of drug-likeness (QED) is 0.00875. The van der Waals surface area contributed by atoms with Crippen LogP contribution in [0.5, 0.6) is 0 Å². The van der Waals surface area contributed by atoms with E-state index in [9.17, 15) is 121 Å². The summed E-state index contributed by atoms with van der Waals surface area (Å²) in [5, 5.41) is 85.6. The number of benzene rings is 3. The van der Waals surface area contributed by atoms with Crippen molar-refractivity contribution in [3.05, 3.63) is 95.7 Å². The van der Waals surface area contributed by atoms with E-state index in [0.29, 0.717) is 35.0 Å². The summed E-state index contributed by atoms with van der Waals surface area (Å²) < 4.78 is 5.77. The number of rotatable bonds is 38. The number of aromatic amines is 1. The Balaban J connectivity index is 1.62. The molecule has 1 aliphatic rings. The van der Waals surface area contributed by atoms with Crippen LogP contribution in [0, 0.1) is 5.92 Å². The number of nitrogens with one attached hydrogen (secondary N) is 16. The van der Waals surface area contributed by atoms with Gasteiger partial charge in [-0.25, -0.2) is 4.79 Å². The summed E-state index contributed by atoms with van der Waals surface area (Å²) in [5.41, 5.74) is 13.1. The molecule has 124 heavy (non-hydrogen) atoms. The number of anilines is 2. The average Bonchev–Trinajstić information content (AvgIpc) is 1.56. The maximum absolute atomic E-state index is 15.0. The normalized spacial score (nSPS) is 20.4. The van der Waals surface area contributed by atoms with Crippen LogP contribution in [0.1, 0.15) is 157 Å². The highest BCUT2D eigenvalue weighted by Gasteiger charge is 2.41. The van der Waals surface area contributed by atoms with Gasteiger partial charge in [-0.2, -0.15) is 0 Å². The largest absolute Gasteiger partial charge is 0.481 e. The number of aliphatic carboxylic acids is 3. The molecule has 3 aromatic carbocycles. The van der Waals surface area contributed by atoms with Gasteiger partial charge in [0.1, 0.15) is 72.6 Å². The van der Waals surface area contributed by atoms with E-state index in [1.165, 1.54) is 30.3 Å². The number of ether oxygens (including phenoxy) is 1. The summed E-state index contributed by atoms with van der Waals surface area (Å²) >= 11 is 0. The molecule has 0 aliphatic carbocycles. The number of esters is 1. The number of H-pyrrole nitrogens is 1. The van der Waals surface area contributed by atoms with Gasteiger partial charge in [-0.05, 0) is 81.3 Å². The molecule has 676 valence electrons. The second-order valence-corrected chi connectivity index (χ2v) is 29.4. The maximum atomic E-state index is 15.0. The lowest BCUT2D eigenvalue weighted by Crippen LogP contribution is -2.61. The van der Waals surface area contributed by atoms with Gasteiger partial charge in [0.15, 0.2) is 5.78 Å². The van der Waals surface area contributed by atoms with Crippen molar-refractivity contribution >= 4 is 141 Å². The first-order valence-corrected chi connectivity index (χ1v) is 40.1. The van der Waals surface area contributed by atoms with Gasteiger partial charge in [-0.15, -0.1) is 0 Å². The number of aliphatic hydroxyl groups excluding tert-OH is 2. The molecule has 0 saturated carbocycles. The van der Waals surface area contributed by atoms with E-state index in [-0.39, 0.29) is 42.6 Å². The average molecular weight is 1740 g/mol. The number of para-hydroxylation sites is 3. The smallest absolute Gasteiger partial charge is 0.329 e. The van der Waals surface area contributed by atoms with Crippen molar-refractivity contribution in [1.82, 2.24) is 79.4 Å². The minimum atomic E-state index is -2.38. The first-order valence-electron chi connectivity index (χ1n) is 40.1. The van der Waals surface area contributed by atoms with Gasteiger partial charge in [0, 0.05) is 73.5 Å². The number of aromatic nitrogens is 1. The Kier molecular flexibility index (Phi) is 41.6. The fraction of sp³-hybridized carbons (Fsp3) is 0.500. The number of aliphatic hydroxyl groups is 2. The molecule has 15 amide bonds. The topological polar surface area (TPSA) is 700 Å². The summed E-state index contributed by atoms with van der Waals surface area (Å²) in [5.74, 6) is -28.0. The van der Waals surface area contributed by atoms with Gasteiger partial charge >= 0.3 is 23.9 Å². The SMILES string of the molecule is CCCCCCCCCC(=O)N[C@@H](Cc1c[nH]c2ccccc12)C(=O)N[C@@H](CC(N)=O)C(=O)N[C@@H](CCO)C(=O)N[C@@H]1C(=O)NCC(=O)N[C@@H](CCCNC(=O)c2ccccc2NC)C(=O)N[C@@H](CC(=O)O)C(=O)N[C@H](C)C(=O)N[C@@H](CC(=O)O)C(=O)NCC(=O)N[C@H](CO)C(=O)N[C@@H]([C@H](C)CC(=O)O)C(=O)N[C@@H](CC(=O)c2ccccc2N)C(=O)O[C@@H]1C. The summed E-state index contributed by atoms with van der Waals surface area (Å²) in [6.07, 6.45) is -1.65. The molecule has 1 fully saturated rings. The van der Waals surface area contributed by atoms with Crippen LogP contribution in [0.3, 0.4) is 0 Å². The molecule has 1 aliphatic heterocycles. The summed E-state index contributed by atoms with van der Waals surface area (Å²) in [4.78, 5) is 280. The van der Waals surface area contributed by atoms with Crippen LogP contribution in [0.4, 0.5) is 11.4 Å². The fourth-order valence-corrected chi connectivity index (χ4v) is 12.9. The molecule has 0 spiro atoms. The number of hydrogen-bond acceptors (Lipinski definition) is 25. The Morgan fingerprint density at radius 2 is 1.12 bits per heavy atom. The molecule has 5 rings (SSSR count). The number of amides is 15.